The number of rotatable bonds is 6. The monoisotopic (exact) mass is 291 g/mol. The number of hydrogen-bond acceptors (Lipinski definition) is 6. The van der Waals surface area contributed by atoms with Gasteiger partial charge in [0.25, 0.3) is 0 Å². The van der Waals surface area contributed by atoms with E-state index >= 15 is 0 Å². The van der Waals surface area contributed by atoms with E-state index in [1.54, 1.807) is 18.2 Å². The minimum Gasteiger partial charge on any atom is -0.396 e. The van der Waals surface area contributed by atoms with Crippen LogP contribution in [0.5, 0.6) is 0 Å². The zero-order valence-corrected chi connectivity index (χ0v) is 12.2. The van der Waals surface area contributed by atoms with Gasteiger partial charge in [-0.3, -0.25) is 4.79 Å². The van der Waals surface area contributed by atoms with Crippen molar-refractivity contribution in [1.29, 1.82) is 0 Å². The highest BCUT2D eigenvalue weighted by molar-refractivity contribution is 7.80. The van der Waals surface area contributed by atoms with Crippen LogP contribution in [0.25, 0.3) is 5.69 Å². The molecule has 1 aromatic heterocycles. The van der Waals surface area contributed by atoms with Crippen LogP contribution in [-0.2, 0) is 0 Å². The molecule has 1 aromatic carbocycles. The van der Waals surface area contributed by atoms with Crippen molar-refractivity contribution in [2.75, 3.05) is 5.73 Å². The average molecular weight is 291 g/mol. The predicted molar refractivity (Wildman–Crippen MR) is 79.3 cm³/mol. The molecule has 2 rings (SSSR count). The van der Waals surface area contributed by atoms with Crippen LogP contribution in [0.4, 0.5) is 5.69 Å². The van der Waals surface area contributed by atoms with Crippen molar-refractivity contribution in [1.82, 2.24) is 20.2 Å². The van der Waals surface area contributed by atoms with E-state index in [0.29, 0.717) is 28.5 Å². The number of nitrogen functional groups attached to an aromatic ring is 1. The van der Waals surface area contributed by atoms with Crippen molar-refractivity contribution in [2.24, 2.45) is 0 Å². The molecule has 0 radical (unpaired) electrons. The number of anilines is 1. The Hall–Kier alpha value is -1.89. The highest BCUT2D eigenvalue weighted by atomic mass is 32.1. The lowest BCUT2D eigenvalue weighted by Crippen LogP contribution is -2.09. The van der Waals surface area contributed by atoms with Crippen LogP contribution in [-0.4, -0.2) is 26.0 Å². The molecule has 0 bridgehead atoms. The van der Waals surface area contributed by atoms with Crippen molar-refractivity contribution in [3.63, 3.8) is 0 Å². The van der Waals surface area contributed by atoms with Crippen LogP contribution in [0.2, 0.25) is 0 Å². The smallest absolute Gasteiger partial charge is 0.211 e. The number of nitrogens with zero attached hydrogens (tertiary/aromatic N) is 4. The molecule has 0 unspecified atom stereocenters. The number of benzene rings is 1. The first kappa shape index (κ1) is 14.5. The number of tetrazole rings is 1. The Morgan fingerprint density at radius 1 is 1.40 bits per heavy atom. The SMILES string of the molecule is CCCCCC(=O)c1cccc(-n2nnnc2S)c1N. The Morgan fingerprint density at radius 3 is 2.85 bits per heavy atom. The molecule has 0 aliphatic heterocycles. The van der Waals surface area contributed by atoms with Crippen LogP contribution >= 0.6 is 12.6 Å². The fourth-order valence-electron chi connectivity index (χ4n) is 1.99. The molecular formula is C13H17N5OS. The second-order valence-corrected chi connectivity index (χ2v) is 4.91. The third kappa shape index (κ3) is 2.98. The summed E-state index contributed by atoms with van der Waals surface area (Å²) >= 11 is 4.15. The Labute approximate surface area is 122 Å². The zero-order chi connectivity index (χ0) is 14.5. The van der Waals surface area contributed by atoms with E-state index in [1.165, 1.54) is 4.68 Å². The molecule has 0 fully saturated rings. The minimum absolute atomic E-state index is 0.0478. The quantitative estimate of drug-likeness (QED) is 0.369. The lowest BCUT2D eigenvalue weighted by Gasteiger charge is -2.10. The molecule has 0 atom stereocenters. The fraction of sp³-hybridized carbons (Fsp3) is 0.385. The van der Waals surface area contributed by atoms with E-state index < -0.39 is 0 Å². The van der Waals surface area contributed by atoms with Crippen molar-refractivity contribution in [2.45, 2.75) is 37.8 Å². The van der Waals surface area contributed by atoms with Gasteiger partial charge in [-0.05, 0) is 29.0 Å². The first-order valence-corrected chi connectivity index (χ1v) is 6.99. The number of para-hydroxylation sites is 1. The Balaban J connectivity index is 2.28. The maximum atomic E-state index is 12.2. The molecular weight excluding hydrogens is 274 g/mol. The molecule has 6 nitrogen and oxygen atoms in total. The van der Waals surface area contributed by atoms with Gasteiger partial charge >= 0.3 is 0 Å². The number of carbonyl (C=O) groups excluding carboxylic acids is 1. The summed E-state index contributed by atoms with van der Waals surface area (Å²) in [6.45, 7) is 2.10. The molecule has 2 N–H and O–H groups in total. The first-order chi connectivity index (χ1) is 9.65. The van der Waals surface area contributed by atoms with Crippen LogP contribution in [0.3, 0.4) is 0 Å². The van der Waals surface area contributed by atoms with Gasteiger partial charge in [0.1, 0.15) is 0 Å². The summed E-state index contributed by atoms with van der Waals surface area (Å²) in [5.41, 5.74) is 7.55. The Morgan fingerprint density at radius 2 is 2.20 bits per heavy atom. The van der Waals surface area contributed by atoms with Crippen LogP contribution < -0.4 is 5.73 Å². The summed E-state index contributed by atoms with van der Waals surface area (Å²) < 4.78 is 1.40. The molecule has 0 saturated carbocycles. The molecule has 20 heavy (non-hydrogen) atoms. The number of hydrogen-bond donors (Lipinski definition) is 2. The fourth-order valence-corrected chi connectivity index (χ4v) is 2.18. The standard InChI is InChI=1S/C13H17N5OS/c1-2-3-4-8-11(19)9-6-5-7-10(12(9)14)18-13(20)15-16-17-18/h5-7H,2-4,8,14H2,1H3,(H,15,17,20). The first-order valence-electron chi connectivity index (χ1n) is 6.54. The molecule has 2 aromatic rings. The number of carbonyl (C=O) groups is 1. The molecule has 106 valence electrons. The van der Waals surface area contributed by atoms with Gasteiger partial charge in [-0.1, -0.05) is 25.8 Å². The van der Waals surface area contributed by atoms with E-state index in [1.807, 2.05) is 0 Å². The van der Waals surface area contributed by atoms with Crippen molar-refractivity contribution < 1.29 is 4.79 Å². The van der Waals surface area contributed by atoms with Gasteiger partial charge in [-0.2, -0.15) is 4.68 Å². The normalized spacial score (nSPS) is 10.7. The minimum atomic E-state index is 0.0478. The average Bonchev–Trinajstić information content (AvgIpc) is 2.85. The lowest BCUT2D eigenvalue weighted by atomic mass is 10.0. The second kappa shape index (κ2) is 6.51. The largest absolute Gasteiger partial charge is 0.396 e. The summed E-state index contributed by atoms with van der Waals surface area (Å²) in [5.74, 6) is 0.0478. The van der Waals surface area contributed by atoms with E-state index in [9.17, 15) is 4.79 Å². The van der Waals surface area contributed by atoms with E-state index in [4.69, 9.17) is 5.73 Å². The van der Waals surface area contributed by atoms with Crippen molar-refractivity contribution in [3.8, 4) is 5.69 Å². The van der Waals surface area contributed by atoms with Gasteiger partial charge in [-0.25, -0.2) is 0 Å². The predicted octanol–water partition coefficient (Wildman–Crippen LogP) is 2.30. The zero-order valence-electron chi connectivity index (χ0n) is 11.3. The number of ketones is 1. The van der Waals surface area contributed by atoms with Crippen molar-refractivity contribution in [3.05, 3.63) is 23.8 Å². The van der Waals surface area contributed by atoms with Crippen LogP contribution in [0, 0.1) is 0 Å². The topological polar surface area (TPSA) is 86.7 Å². The Kier molecular flexibility index (Phi) is 4.73. The molecule has 0 saturated heterocycles. The summed E-state index contributed by atoms with van der Waals surface area (Å²) in [5, 5.41) is 11.4. The maximum absolute atomic E-state index is 12.2. The molecule has 0 aliphatic rings. The Bertz CT molecular complexity index is 611. The van der Waals surface area contributed by atoms with Gasteiger partial charge in [0.2, 0.25) is 5.16 Å². The van der Waals surface area contributed by atoms with Gasteiger partial charge in [0.15, 0.2) is 5.78 Å². The highest BCUT2D eigenvalue weighted by Crippen LogP contribution is 2.24. The summed E-state index contributed by atoms with van der Waals surface area (Å²) in [7, 11) is 0. The lowest BCUT2D eigenvalue weighted by molar-refractivity contribution is 0.0980. The molecule has 1 heterocycles. The number of Topliss-reactive ketones (excluding diaryl/α,β-unsaturated/α-hetero) is 1. The number of thiol groups is 1. The molecule has 7 heteroatoms. The summed E-state index contributed by atoms with van der Waals surface area (Å²) in [4.78, 5) is 12.2. The summed E-state index contributed by atoms with van der Waals surface area (Å²) in [6.07, 6.45) is 3.50. The van der Waals surface area contributed by atoms with E-state index in [0.717, 1.165) is 19.3 Å². The maximum Gasteiger partial charge on any atom is 0.211 e. The number of aromatic nitrogens is 4. The van der Waals surface area contributed by atoms with Crippen molar-refractivity contribution >= 4 is 24.1 Å². The third-order valence-electron chi connectivity index (χ3n) is 3.07. The van der Waals surface area contributed by atoms with E-state index in [-0.39, 0.29) is 5.78 Å². The van der Waals surface area contributed by atoms with Crippen LogP contribution in [0.15, 0.2) is 23.4 Å². The third-order valence-corrected chi connectivity index (χ3v) is 3.35. The molecule has 0 amide bonds. The van der Waals surface area contributed by atoms with Gasteiger partial charge in [-0.15, -0.1) is 17.7 Å². The number of unbranched alkanes of at least 4 members (excludes halogenated alkanes) is 2. The second-order valence-electron chi connectivity index (χ2n) is 4.51. The number of nitrogens with two attached hydrogens (primary N) is 1. The van der Waals surface area contributed by atoms with Gasteiger partial charge < -0.3 is 5.73 Å². The van der Waals surface area contributed by atoms with Crippen LogP contribution in [0.1, 0.15) is 43.0 Å². The highest BCUT2D eigenvalue weighted by Gasteiger charge is 2.15. The van der Waals surface area contributed by atoms with Gasteiger partial charge in [0, 0.05) is 12.0 Å². The molecule has 0 spiro atoms. The van der Waals surface area contributed by atoms with E-state index in [2.05, 4.69) is 35.1 Å². The van der Waals surface area contributed by atoms with Gasteiger partial charge in [0.05, 0.1) is 11.4 Å². The molecule has 0 aliphatic carbocycles. The summed E-state index contributed by atoms with van der Waals surface area (Å²) in [6, 6.07) is 5.26.